The summed E-state index contributed by atoms with van der Waals surface area (Å²) in [6.07, 6.45) is 11.2. The molecule has 0 fully saturated rings. The second kappa shape index (κ2) is 50.3. The summed E-state index contributed by atoms with van der Waals surface area (Å²) in [6, 6.07) is 0. The normalized spacial score (nSPS) is 9.67. The topological polar surface area (TPSA) is 52.0 Å². The molecule has 0 aromatic carbocycles. The minimum absolute atomic E-state index is 0. The zero-order valence-electron chi connectivity index (χ0n) is 15.9. The second-order valence-corrected chi connectivity index (χ2v) is 3.86. The molecule has 3 heteroatoms. The number of hydrogen-bond donors (Lipinski definition) is 2. The largest absolute Gasteiger partial charge is 0.358 e. The van der Waals surface area contributed by atoms with Gasteiger partial charge in [-0.1, -0.05) is 53.5 Å². The van der Waals surface area contributed by atoms with Gasteiger partial charge < -0.3 is 18.9 Å². The van der Waals surface area contributed by atoms with E-state index in [1.165, 1.54) is 31.9 Å². The van der Waals surface area contributed by atoms with E-state index >= 15 is 0 Å². The van der Waals surface area contributed by atoms with Gasteiger partial charge in [0, 0.05) is 18.6 Å². The van der Waals surface area contributed by atoms with Crippen molar-refractivity contribution in [3.8, 4) is 0 Å². The quantitative estimate of drug-likeness (QED) is 0.468. The molecular weight excluding hydrogens is 295 g/mol. The average molecular weight is 336 g/mol. The molecule has 0 heterocycles. The molecule has 4 N–H and O–H groups in total. The molecule has 0 saturated carbocycles. The zero-order chi connectivity index (χ0) is 15.9. The third-order valence-electron chi connectivity index (χ3n) is 1.21. The first-order valence-electron chi connectivity index (χ1n) is 7.49. The van der Waals surface area contributed by atoms with Crippen molar-refractivity contribution in [2.24, 2.45) is 11.5 Å². The van der Waals surface area contributed by atoms with Crippen LogP contribution < -0.4 is 11.5 Å². The average Bonchev–Trinajstić information content (AvgIpc) is 2.62. The molecule has 0 amide bonds. The second-order valence-electron chi connectivity index (χ2n) is 3.86. The van der Waals surface area contributed by atoms with Gasteiger partial charge in [-0.05, 0) is 51.1 Å². The fourth-order valence-electron chi connectivity index (χ4n) is 0.727. The molecule has 0 aromatic rings. The van der Waals surface area contributed by atoms with Gasteiger partial charge in [0.1, 0.15) is 0 Å². The van der Waals surface area contributed by atoms with Crippen molar-refractivity contribution < 1.29 is 18.6 Å². The first-order chi connectivity index (χ1) is 9.14. The summed E-state index contributed by atoms with van der Waals surface area (Å²) in [5.41, 5.74) is 13.8. The van der Waals surface area contributed by atoms with Gasteiger partial charge in [-0.3, -0.25) is 0 Å². The SMILES string of the molecule is CC1=CCCC=C=C1.CCC.CCC.CCN.CN.[CH3-].[V]. The van der Waals surface area contributed by atoms with Crippen LogP contribution in [0.25, 0.3) is 0 Å². The molecule has 0 bridgehead atoms. The van der Waals surface area contributed by atoms with E-state index in [1.807, 2.05) is 13.0 Å². The van der Waals surface area contributed by atoms with Crippen LogP contribution in [-0.4, -0.2) is 13.6 Å². The maximum absolute atomic E-state index is 4.85. The van der Waals surface area contributed by atoms with E-state index in [9.17, 15) is 0 Å². The zero-order valence-corrected chi connectivity index (χ0v) is 17.3. The Labute approximate surface area is 148 Å². The van der Waals surface area contributed by atoms with Gasteiger partial charge in [0.25, 0.3) is 0 Å². The predicted molar refractivity (Wildman–Crippen MR) is 98.8 cm³/mol. The molecule has 0 unspecified atom stereocenters. The molecule has 129 valence electrons. The molecule has 0 atom stereocenters. The minimum atomic E-state index is 0. The Morgan fingerprint density at radius 3 is 1.67 bits per heavy atom. The predicted octanol–water partition coefficient (Wildman–Crippen LogP) is 5.26. The summed E-state index contributed by atoms with van der Waals surface area (Å²) in [5, 5.41) is 0. The Morgan fingerprint density at radius 1 is 1.00 bits per heavy atom. The van der Waals surface area contributed by atoms with Gasteiger partial charge in [-0.15, -0.1) is 5.73 Å². The molecule has 0 saturated heterocycles. The molecule has 1 radical (unpaired) electrons. The van der Waals surface area contributed by atoms with Gasteiger partial charge >= 0.3 is 0 Å². The molecule has 0 spiro atoms. The summed E-state index contributed by atoms with van der Waals surface area (Å²) < 4.78 is 0. The minimum Gasteiger partial charge on any atom is -0.358 e. The van der Waals surface area contributed by atoms with Crippen LogP contribution >= 0.6 is 0 Å². The maximum Gasteiger partial charge on any atom is 0 e. The Balaban J connectivity index is -0.0000000376. The summed E-state index contributed by atoms with van der Waals surface area (Å²) in [5.74, 6) is 0. The number of rotatable bonds is 0. The van der Waals surface area contributed by atoms with Crippen LogP contribution in [0.4, 0.5) is 0 Å². The van der Waals surface area contributed by atoms with E-state index in [-0.39, 0.29) is 26.0 Å². The third-order valence-corrected chi connectivity index (χ3v) is 1.21. The number of nitrogens with two attached hydrogens (primary N) is 2. The van der Waals surface area contributed by atoms with Gasteiger partial charge in [-0.2, -0.15) is 0 Å². The summed E-state index contributed by atoms with van der Waals surface area (Å²) in [4.78, 5) is 0. The fourth-order valence-corrected chi connectivity index (χ4v) is 0.727. The van der Waals surface area contributed by atoms with Gasteiger partial charge in [0.05, 0.1) is 0 Å². The van der Waals surface area contributed by atoms with Crippen molar-refractivity contribution in [2.75, 3.05) is 13.6 Å². The molecule has 1 aliphatic rings. The maximum atomic E-state index is 4.85. The van der Waals surface area contributed by atoms with E-state index in [0.29, 0.717) is 0 Å². The summed E-state index contributed by atoms with van der Waals surface area (Å²) >= 11 is 0. The molecule has 1 aliphatic carbocycles. The Hall–Kier alpha value is -0.236. The molecular formula is C18H41N2V-. The number of allylic oxidation sites excluding steroid dienone is 3. The van der Waals surface area contributed by atoms with Crippen molar-refractivity contribution in [1.29, 1.82) is 0 Å². The van der Waals surface area contributed by atoms with Crippen LogP contribution in [-0.2, 0) is 18.6 Å². The monoisotopic (exact) mass is 336 g/mol. The number of hydrogen-bond acceptors (Lipinski definition) is 2. The van der Waals surface area contributed by atoms with Crippen molar-refractivity contribution in [1.82, 2.24) is 0 Å². The molecule has 0 aromatic heterocycles. The molecule has 0 aliphatic heterocycles. The molecule has 2 nitrogen and oxygen atoms in total. The van der Waals surface area contributed by atoms with E-state index in [1.54, 1.807) is 0 Å². The van der Waals surface area contributed by atoms with Crippen molar-refractivity contribution in [3.63, 3.8) is 0 Å². The molecule has 21 heavy (non-hydrogen) atoms. The van der Waals surface area contributed by atoms with Crippen molar-refractivity contribution in [3.05, 3.63) is 37.0 Å². The van der Waals surface area contributed by atoms with Crippen molar-refractivity contribution >= 4 is 0 Å². The van der Waals surface area contributed by atoms with Crippen LogP contribution in [0, 0.1) is 7.43 Å². The van der Waals surface area contributed by atoms with Crippen LogP contribution in [0.1, 0.15) is 67.2 Å². The smallest absolute Gasteiger partial charge is 0 e. The van der Waals surface area contributed by atoms with Gasteiger partial charge in [-0.25, -0.2) is 0 Å². The summed E-state index contributed by atoms with van der Waals surface area (Å²) in [6.45, 7) is 13.3. The third kappa shape index (κ3) is 81.2. The van der Waals surface area contributed by atoms with Gasteiger partial charge in [0.2, 0.25) is 0 Å². The first kappa shape index (κ1) is 37.2. The van der Waals surface area contributed by atoms with Crippen molar-refractivity contribution in [2.45, 2.75) is 67.2 Å². The van der Waals surface area contributed by atoms with E-state index in [4.69, 9.17) is 5.73 Å². The van der Waals surface area contributed by atoms with Crippen LogP contribution in [0.3, 0.4) is 0 Å². The van der Waals surface area contributed by atoms with E-state index < -0.39 is 0 Å². The Bertz CT molecular complexity index is 201. The van der Waals surface area contributed by atoms with Crippen LogP contribution in [0.2, 0.25) is 0 Å². The fraction of sp³-hybridized carbons (Fsp3) is 0.667. The van der Waals surface area contributed by atoms with Crippen LogP contribution in [0.5, 0.6) is 0 Å². The Morgan fingerprint density at radius 2 is 1.33 bits per heavy atom. The Kier molecular flexibility index (Phi) is 89.1. The van der Waals surface area contributed by atoms with E-state index in [0.717, 1.165) is 13.0 Å². The van der Waals surface area contributed by atoms with Gasteiger partial charge in [0.15, 0.2) is 0 Å². The van der Waals surface area contributed by atoms with E-state index in [2.05, 4.69) is 58.2 Å². The summed E-state index contributed by atoms with van der Waals surface area (Å²) in [7, 11) is 1.50. The first-order valence-corrected chi connectivity index (χ1v) is 7.49. The standard InChI is InChI=1S/C8H10.2C3H8.C2H7N.CH5N.CH3.V/c1-8-6-4-2-3-5-7-8;2*1-3-2;1-2-3;1-2;;/h2,6-7H,3,5H2,1H3;2*3H2,1-2H3;2-3H2,1H3;2H2,1H3;1H3;/q;;;;;-1;. The van der Waals surface area contributed by atoms with Crippen LogP contribution in [0.15, 0.2) is 29.5 Å². The molecule has 1 rings (SSSR count).